The fourth-order valence-electron chi connectivity index (χ4n) is 2.92. The van der Waals surface area contributed by atoms with E-state index in [0.29, 0.717) is 5.39 Å². The first-order valence-corrected chi connectivity index (χ1v) is 9.15. The zero-order valence-corrected chi connectivity index (χ0v) is 15.9. The smallest absolute Gasteiger partial charge is 0.258 e. The Morgan fingerprint density at radius 1 is 1.11 bits per heavy atom. The topological polar surface area (TPSA) is 60.3 Å². The summed E-state index contributed by atoms with van der Waals surface area (Å²) in [6, 6.07) is 14.9. The van der Waals surface area contributed by atoms with Gasteiger partial charge in [-0.05, 0) is 67.6 Å². The first-order valence-electron chi connectivity index (χ1n) is 9.15. The van der Waals surface area contributed by atoms with Gasteiger partial charge in [-0.3, -0.25) is 9.59 Å². The highest BCUT2D eigenvalue weighted by Gasteiger charge is 2.09. The van der Waals surface area contributed by atoms with Crippen molar-refractivity contribution < 1.29 is 9.53 Å². The molecule has 0 unspecified atom stereocenters. The zero-order valence-electron chi connectivity index (χ0n) is 15.9. The lowest BCUT2D eigenvalue weighted by Gasteiger charge is -2.11. The lowest BCUT2D eigenvalue weighted by molar-refractivity contribution is -0.116. The maximum Gasteiger partial charge on any atom is 0.258 e. The number of pyridine rings is 1. The van der Waals surface area contributed by atoms with Gasteiger partial charge in [-0.25, -0.2) is 0 Å². The Bertz CT molecular complexity index is 1000. The molecule has 0 saturated carbocycles. The first-order chi connectivity index (χ1) is 13.0. The summed E-state index contributed by atoms with van der Waals surface area (Å²) in [5.41, 5.74) is 1.74. The molecule has 1 aromatic heterocycles. The van der Waals surface area contributed by atoms with Gasteiger partial charge in [0.05, 0.1) is 6.10 Å². The van der Waals surface area contributed by atoms with E-state index in [-0.39, 0.29) is 24.1 Å². The monoisotopic (exact) mass is 364 g/mol. The summed E-state index contributed by atoms with van der Waals surface area (Å²) in [5.74, 6) is 0.489. The van der Waals surface area contributed by atoms with Gasteiger partial charge in [0.1, 0.15) is 12.3 Å². The number of anilines is 1. The fraction of sp³-hybridized carbons (Fsp3) is 0.273. The standard InChI is InChI=1S/C22H24N2O3/c1-4-16-5-7-18(8-6-16)23-21(25)14-24-12-11-17-13-19(27-15(2)3)9-10-20(17)22(24)26/h5-13,15H,4,14H2,1-3H3,(H,23,25). The predicted octanol–water partition coefficient (Wildman–Crippen LogP) is 3.99. The Morgan fingerprint density at radius 2 is 1.85 bits per heavy atom. The van der Waals surface area contributed by atoms with Crippen molar-refractivity contribution in [3.05, 3.63) is 70.6 Å². The van der Waals surface area contributed by atoms with Gasteiger partial charge in [-0.15, -0.1) is 0 Å². The first kappa shape index (κ1) is 18.7. The minimum absolute atomic E-state index is 0.0332. The summed E-state index contributed by atoms with van der Waals surface area (Å²) in [6.45, 7) is 5.96. The summed E-state index contributed by atoms with van der Waals surface area (Å²) in [7, 11) is 0. The van der Waals surface area contributed by atoms with Crippen LogP contribution in [0.4, 0.5) is 5.69 Å². The Labute approximate surface area is 158 Å². The normalized spacial score (nSPS) is 11.0. The van der Waals surface area contributed by atoms with Gasteiger partial charge in [-0.2, -0.15) is 0 Å². The second-order valence-corrected chi connectivity index (χ2v) is 6.76. The van der Waals surface area contributed by atoms with Crippen LogP contribution < -0.4 is 15.6 Å². The maximum absolute atomic E-state index is 12.7. The van der Waals surface area contributed by atoms with Gasteiger partial charge < -0.3 is 14.6 Å². The molecule has 0 saturated heterocycles. The van der Waals surface area contributed by atoms with Crippen molar-refractivity contribution in [1.29, 1.82) is 0 Å². The van der Waals surface area contributed by atoms with Crippen LogP contribution in [-0.4, -0.2) is 16.6 Å². The molecular formula is C22H24N2O3. The van der Waals surface area contributed by atoms with Crippen LogP contribution in [0, 0.1) is 0 Å². The Hall–Kier alpha value is -3.08. The van der Waals surface area contributed by atoms with Crippen LogP contribution >= 0.6 is 0 Å². The van der Waals surface area contributed by atoms with Gasteiger partial charge >= 0.3 is 0 Å². The Morgan fingerprint density at radius 3 is 2.52 bits per heavy atom. The van der Waals surface area contributed by atoms with E-state index in [1.807, 2.05) is 50.2 Å². The van der Waals surface area contributed by atoms with E-state index in [4.69, 9.17) is 4.74 Å². The lowest BCUT2D eigenvalue weighted by atomic mass is 10.1. The van der Waals surface area contributed by atoms with E-state index in [1.165, 1.54) is 10.1 Å². The third-order valence-corrected chi connectivity index (χ3v) is 4.28. The van der Waals surface area contributed by atoms with Crippen LogP contribution in [0.1, 0.15) is 26.3 Å². The largest absolute Gasteiger partial charge is 0.491 e. The highest BCUT2D eigenvalue weighted by molar-refractivity contribution is 5.91. The zero-order chi connectivity index (χ0) is 19.4. The van der Waals surface area contributed by atoms with E-state index in [1.54, 1.807) is 18.3 Å². The molecule has 0 aliphatic rings. The second-order valence-electron chi connectivity index (χ2n) is 6.76. The van der Waals surface area contributed by atoms with Gasteiger partial charge in [0, 0.05) is 17.3 Å². The number of hydrogen-bond acceptors (Lipinski definition) is 3. The molecule has 0 aliphatic heterocycles. The van der Waals surface area contributed by atoms with Crippen LogP contribution in [0.5, 0.6) is 5.75 Å². The molecule has 3 aromatic rings. The maximum atomic E-state index is 12.7. The fourth-order valence-corrected chi connectivity index (χ4v) is 2.92. The number of aromatic nitrogens is 1. The van der Waals surface area contributed by atoms with Gasteiger partial charge in [0.2, 0.25) is 5.91 Å². The molecule has 0 atom stereocenters. The molecule has 0 aliphatic carbocycles. The van der Waals surface area contributed by atoms with Crippen molar-refractivity contribution in [2.24, 2.45) is 0 Å². The summed E-state index contributed by atoms with van der Waals surface area (Å²) in [4.78, 5) is 25.0. The molecule has 0 radical (unpaired) electrons. The summed E-state index contributed by atoms with van der Waals surface area (Å²) in [6.07, 6.45) is 2.66. The number of nitrogens with one attached hydrogen (secondary N) is 1. The number of benzene rings is 2. The van der Waals surface area contributed by atoms with Gasteiger partial charge in [0.25, 0.3) is 5.56 Å². The number of ether oxygens (including phenoxy) is 1. The molecule has 5 nitrogen and oxygen atoms in total. The predicted molar refractivity (Wildman–Crippen MR) is 108 cm³/mol. The second kappa shape index (κ2) is 8.08. The molecule has 1 amide bonds. The molecule has 3 rings (SSSR count). The average Bonchev–Trinajstić information content (AvgIpc) is 2.64. The lowest BCUT2D eigenvalue weighted by Crippen LogP contribution is -2.27. The molecule has 140 valence electrons. The molecule has 27 heavy (non-hydrogen) atoms. The van der Waals surface area contributed by atoms with E-state index >= 15 is 0 Å². The third kappa shape index (κ3) is 4.56. The van der Waals surface area contributed by atoms with Crippen molar-refractivity contribution in [3.63, 3.8) is 0 Å². The number of rotatable bonds is 6. The van der Waals surface area contributed by atoms with Gasteiger partial charge in [-0.1, -0.05) is 19.1 Å². The quantitative estimate of drug-likeness (QED) is 0.719. The number of carbonyl (C=O) groups excluding carboxylic acids is 1. The van der Waals surface area contributed by atoms with Crippen LogP contribution in [0.15, 0.2) is 59.5 Å². The Balaban J connectivity index is 1.76. The molecule has 2 aromatic carbocycles. The molecule has 1 heterocycles. The molecular weight excluding hydrogens is 340 g/mol. The van der Waals surface area contributed by atoms with Gasteiger partial charge in [0.15, 0.2) is 0 Å². The highest BCUT2D eigenvalue weighted by Crippen LogP contribution is 2.19. The third-order valence-electron chi connectivity index (χ3n) is 4.28. The highest BCUT2D eigenvalue weighted by atomic mass is 16.5. The van der Waals surface area contributed by atoms with E-state index < -0.39 is 0 Å². The molecule has 5 heteroatoms. The minimum atomic E-state index is -0.236. The molecule has 0 fully saturated rings. The number of carbonyl (C=O) groups is 1. The number of aryl methyl sites for hydroxylation is 1. The number of hydrogen-bond donors (Lipinski definition) is 1. The van der Waals surface area contributed by atoms with Crippen LogP contribution in [0.3, 0.4) is 0 Å². The molecule has 0 spiro atoms. The number of fused-ring (bicyclic) bond motifs is 1. The number of amides is 1. The van der Waals surface area contributed by atoms with Crippen molar-refractivity contribution in [1.82, 2.24) is 4.57 Å². The van der Waals surface area contributed by atoms with Crippen molar-refractivity contribution in [2.45, 2.75) is 39.8 Å². The summed E-state index contributed by atoms with van der Waals surface area (Å²) < 4.78 is 7.08. The van der Waals surface area contributed by atoms with Crippen LogP contribution in [-0.2, 0) is 17.8 Å². The summed E-state index contributed by atoms with van der Waals surface area (Å²) >= 11 is 0. The van der Waals surface area contributed by atoms with Crippen molar-refractivity contribution >= 4 is 22.4 Å². The van der Waals surface area contributed by atoms with Crippen molar-refractivity contribution in [2.75, 3.05) is 5.32 Å². The van der Waals surface area contributed by atoms with Crippen LogP contribution in [0.25, 0.3) is 10.8 Å². The minimum Gasteiger partial charge on any atom is -0.491 e. The van der Waals surface area contributed by atoms with E-state index in [2.05, 4.69) is 12.2 Å². The Kier molecular flexibility index (Phi) is 5.60. The number of nitrogens with zero attached hydrogens (tertiary/aromatic N) is 1. The van der Waals surface area contributed by atoms with E-state index in [9.17, 15) is 9.59 Å². The average molecular weight is 364 g/mol. The molecule has 0 bridgehead atoms. The molecule has 1 N–H and O–H groups in total. The SMILES string of the molecule is CCc1ccc(NC(=O)Cn2ccc3cc(OC(C)C)ccc3c2=O)cc1. The van der Waals surface area contributed by atoms with Crippen molar-refractivity contribution in [3.8, 4) is 5.75 Å². The van der Waals surface area contributed by atoms with E-state index in [0.717, 1.165) is 23.2 Å². The van der Waals surface area contributed by atoms with Crippen LogP contribution in [0.2, 0.25) is 0 Å². The summed E-state index contributed by atoms with van der Waals surface area (Å²) in [5, 5.41) is 4.19.